The van der Waals surface area contributed by atoms with Crippen LogP contribution in [0.3, 0.4) is 0 Å². The van der Waals surface area contributed by atoms with Crippen molar-refractivity contribution in [1.82, 2.24) is 9.62 Å². The Morgan fingerprint density at radius 2 is 1.92 bits per heavy atom. The van der Waals surface area contributed by atoms with Crippen LogP contribution in [0.4, 0.5) is 0 Å². The third kappa shape index (κ3) is 4.80. The molecule has 1 aromatic carbocycles. The first-order chi connectivity index (χ1) is 11.5. The first-order valence-corrected chi connectivity index (χ1v) is 10.3. The lowest BCUT2D eigenvalue weighted by atomic mass is 10.2. The van der Waals surface area contributed by atoms with E-state index in [4.69, 9.17) is 0 Å². The maximum absolute atomic E-state index is 12.5. The van der Waals surface area contributed by atoms with Crippen molar-refractivity contribution >= 4 is 21.4 Å². The summed E-state index contributed by atoms with van der Waals surface area (Å²) in [6.07, 6.45) is 0.775. The molecular weight excluding hydrogens is 344 g/mol. The third-order valence-corrected chi connectivity index (χ3v) is 7.39. The summed E-state index contributed by atoms with van der Waals surface area (Å²) >= 11 is 1.34. The van der Waals surface area contributed by atoms with Crippen LogP contribution in [0.1, 0.15) is 24.3 Å². The van der Waals surface area contributed by atoms with Crippen LogP contribution in [-0.2, 0) is 23.0 Å². The quantitative estimate of drug-likeness (QED) is 0.668. The normalized spacial score (nSPS) is 12.0. The number of rotatable bonds is 9. The zero-order valence-corrected chi connectivity index (χ0v) is 15.7. The average molecular weight is 369 g/mol. The van der Waals surface area contributed by atoms with E-state index >= 15 is 0 Å². The monoisotopic (exact) mass is 368 g/mol. The standard InChI is InChI=1S/C17H24N2O3S2/c1-3-19(4-2)24(21,22)17-9-8-16(23-17)10-11-18-13-14-6-5-7-15(20)12-14/h5-9,12,18,20H,3-4,10-11,13H2,1-2H3. The summed E-state index contributed by atoms with van der Waals surface area (Å²) in [4.78, 5) is 1.05. The van der Waals surface area contributed by atoms with Crippen LogP contribution >= 0.6 is 11.3 Å². The van der Waals surface area contributed by atoms with E-state index < -0.39 is 10.0 Å². The minimum absolute atomic E-state index is 0.263. The Morgan fingerprint density at radius 1 is 1.17 bits per heavy atom. The molecule has 0 aliphatic rings. The topological polar surface area (TPSA) is 69.6 Å². The van der Waals surface area contributed by atoms with Gasteiger partial charge in [-0.3, -0.25) is 0 Å². The van der Waals surface area contributed by atoms with Crippen molar-refractivity contribution in [2.45, 2.75) is 31.0 Å². The van der Waals surface area contributed by atoms with E-state index in [0.717, 1.165) is 23.4 Å². The smallest absolute Gasteiger partial charge is 0.252 e. The number of nitrogens with zero attached hydrogens (tertiary/aromatic N) is 1. The number of aromatic hydroxyl groups is 1. The summed E-state index contributed by atoms with van der Waals surface area (Å²) in [7, 11) is -3.36. The SMILES string of the molecule is CCN(CC)S(=O)(=O)c1ccc(CCNCc2cccc(O)c2)s1. The molecule has 0 atom stereocenters. The Kier molecular flexibility index (Phi) is 6.79. The molecule has 2 N–H and O–H groups in total. The molecule has 132 valence electrons. The van der Waals surface area contributed by atoms with Gasteiger partial charge in [-0.15, -0.1) is 11.3 Å². The van der Waals surface area contributed by atoms with Gasteiger partial charge >= 0.3 is 0 Å². The number of thiophene rings is 1. The first-order valence-electron chi connectivity index (χ1n) is 8.04. The molecule has 1 aromatic heterocycles. The predicted octanol–water partition coefficient (Wildman–Crippen LogP) is 2.82. The van der Waals surface area contributed by atoms with E-state index in [1.807, 2.05) is 32.0 Å². The van der Waals surface area contributed by atoms with Crippen LogP contribution in [0.5, 0.6) is 5.75 Å². The molecule has 5 nitrogen and oxygen atoms in total. The predicted molar refractivity (Wildman–Crippen MR) is 97.9 cm³/mol. The fraction of sp³-hybridized carbons (Fsp3) is 0.412. The number of phenols is 1. The van der Waals surface area contributed by atoms with Crippen molar-refractivity contribution in [2.75, 3.05) is 19.6 Å². The number of benzene rings is 1. The molecule has 2 rings (SSSR count). The molecule has 0 aliphatic heterocycles. The second kappa shape index (κ2) is 8.62. The minimum atomic E-state index is -3.36. The lowest BCUT2D eigenvalue weighted by Crippen LogP contribution is -2.29. The van der Waals surface area contributed by atoms with Crippen molar-refractivity contribution in [3.63, 3.8) is 0 Å². The molecule has 0 aliphatic carbocycles. The van der Waals surface area contributed by atoms with Crippen molar-refractivity contribution in [3.05, 3.63) is 46.8 Å². The van der Waals surface area contributed by atoms with Gasteiger partial charge in [-0.25, -0.2) is 8.42 Å². The lowest BCUT2D eigenvalue weighted by molar-refractivity contribution is 0.447. The van der Waals surface area contributed by atoms with Gasteiger partial charge in [-0.05, 0) is 36.2 Å². The van der Waals surface area contributed by atoms with Crippen molar-refractivity contribution in [3.8, 4) is 5.75 Å². The molecule has 2 aromatic rings. The zero-order valence-electron chi connectivity index (χ0n) is 14.0. The van der Waals surface area contributed by atoms with E-state index in [1.165, 1.54) is 15.6 Å². The molecule has 0 bridgehead atoms. The molecule has 0 unspecified atom stereocenters. The average Bonchev–Trinajstić information content (AvgIpc) is 3.02. The highest BCUT2D eigenvalue weighted by molar-refractivity contribution is 7.91. The highest BCUT2D eigenvalue weighted by atomic mass is 32.2. The van der Waals surface area contributed by atoms with Gasteiger partial charge in [-0.1, -0.05) is 26.0 Å². The molecular formula is C17H24N2O3S2. The molecule has 0 fully saturated rings. The van der Waals surface area contributed by atoms with E-state index in [-0.39, 0.29) is 5.75 Å². The third-order valence-electron chi connectivity index (χ3n) is 3.72. The van der Waals surface area contributed by atoms with Crippen molar-refractivity contribution in [2.24, 2.45) is 0 Å². The number of hydrogen-bond donors (Lipinski definition) is 2. The number of hydrogen-bond acceptors (Lipinski definition) is 5. The Labute approximate surface area is 148 Å². The van der Waals surface area contributed by atoms with Gasteiger partial charge in [0.05, 0.1) is 0 Å². The molecule has 0 saturated heterocycles. The zero-order chi connectivity index (χ0) is 17.6. The van der Waals surface area contributed by atoms with Gasteiger partial charge in [0, 0.05) is 31.1 Å². The van der Waals surface area contributed by atoms with Crippen LogP contribution in [0.15, 0.2) is 40.6 Å². The molecule has 7 heteroatoms. The summed E-state index contributed by atoms with van der Waals surface area (Å²) in [6, 6.07) is 10.7. The van der Waals surface area contributed by atoms with Crippen LogP contribution in [0.25, 0.3) is 0 Å². The first kappa shape index (κ1) is 18.9. The van der Waals surface area contributed by atoms with Gasteiger partial charge in [0.1, 0.15) is 9.96 Å². The molecule has 0 radical (unpaired) electrons. The van der Waals surface area contributed by atoms with Crippen molar-refractivity contribution < 1.29 is 13.5 Å². The lowest BCUT2D eigenvalue weighted by Gasteiger charge is -2.16. The Bertz CT molecular complexity index is 753. The van der Waals surface area contributed by atoms with Gasteiger partial charge < -0.3 is 10.4 Å². The summed E-state index contributed by atoms with van der Waals surface area (Å²) in [5.41, 5.74) is 1.02. The van der Waals surface area contributed by atoms with E-state index in [1.54, 1.807) is 18.2 Å². The van der Waals surface area contributed by atoms with Gasteiger partial charge in [0.2, 0.25) is 0 Å². The molecule has 0 spiro atoms. The van der Waals surface area contributed by atoms with E-state index in [0.29, 0.717) is 23.8 Å². The molecule has 0 saturated carbocycles. The van der Waals surface area contributed by atoms with E-state index in [9.17, 15) is 13.5 Å². The van der Waals surface area contributed by atoms with Crippen LogP contribution in [0, 0.1) is 0 Å². The highest BCUT2D eigenvalue weighted by Gasteiger charge is 2.23. The van der Waals surface area contributed by atoms with Crippen LogP contribution < -0.4 is 5.32 Å². The maximum atomic E-state index is 12.5. The Balaban J connectivity index is 1.88. The summed E-state index contributed by atoms with van der Waals surface area (Å²) < 4.78 is 26.8. The highest BCUT2D eigenvalue weighted by Crippen LogP contribution is 2.25. The number of phenolic OH excluding ortho intramolecular Hbond substituents is 1. The van der Waals surface area contributed by atoms with E-state index in [2.05, 4.69) is 5.32 Å². The van der Waals surface area contributed by atoms with Crippen LogP contribution in [-0.4, -0.2) is 37.5 Å². The maximum Gasteiger partial charge on any atom is 0.252 e. The van der Waals surface area contributed by atoms with Gasteiger partial charge in [-0.2, -0.15) is 4.31 Å². The van der Waals surface area contributed by atoms with Gasteiger partial charge in [0.15, 0.2) is 0 Å². The molecule has 24 heavy (non-hydrogen) atoms. The number of nitrogens with one attached hydrogen (secondary N) is 1. The summed E-state index contributed by atoms with van der Waals surface area (Å²) in [6.45, 7) is 6.09. The molecule has 1 heterocycles. The van der Waals surface area contributed by atoms with Crippen molar-refractivity contribution in [1.29, 1.82) is 0 Å². The summed E-state index contributed by atoms with van der Waals surface area (Å²) in [5.74, 6) is 0.263. The fourth-order valence-electron chi connectivity index (χ4n) is 2.43. The van der Waals surface area contributed by atoms with Gasteiger partial charge in [0.25, 0.3) is 10.0 Å². The Hall–Kier alpha value is -1.41. The fourth-order valence-corrected chi connectivity index (χ4v) is 5.40. The molecule has 0 amide bonds. The second-order valence-corrected chi connectivity index (χ2v) is 8.74. The second-order valence-electron chi connectivity index (χ2n) is 5.41. The number of sulfonamides is 1. The summed E-state index contributed by atoms with van der Waals surface area (Å²) in [5, 5.41) is 12.7. The minimum Gasteiger partial charge on any atom is -0.508 e. The van der Waals surface area contributed by atoms with Crippen LogP contribution in [0.2, 0.25) is 0 Å². The Morgan fingerprint density at radius 3 is 2.58 bits per heavy atom. The largest absolute Gasteiger partial charge is 0.508 e.